The van der Waals surface area contributed by atoms with E-state index in [0.29, 0.717) is 25.9 Å². The van der Waals surface area contributed by atoms with Crippen molar-refractivity contribution in [2.75, 3.05) is 32.0 Å². The van der Waals surface area contributed by atoms with Gasteiger partial charge in [-0.15, -0.1) is 0 Å². The van der Waals surface area contributed by atoms with Crippen LogP contribution >= 0.6 is 0 Å². The largest absolute Gasteiger partial charge is 0.352 e. The van der Waals surface area contributed by atoms with Crippen LogP contribution in [-0.4, -0.2) is 62.3 Å². The molecule has 0 aromatic heterocycles. The fourth-order valence-corrected chi connectivity index (χ4v) is 4.43. The van der Waals surface area contributed by atoms with Crippen molar-refractivity contribution in [3.05, 3.63) is 60.7 Å². The number of piperidine rings is 1. The van der Waals surface area contributed by atoms with E-state index in [-0.39, 0.29) is 29.4 Å². The van der Waals surface area contributed by atoms with E-state index in [1.54, 1.807) is 23.1 Å². The van der Waals surface area contributed by atoms with Crippen LogP contribution in [0.4, 0.5) is 10.5 Å². The second kappa shape index (κ2) is 9.73. The summed E-state index contributed by atoms with van der Waals surface area (Å²) in [5.41, 5.74) is 0.737. The Kier molecular flexibility index (Phi) is 7.07. The number of likely N-dealkylation sites (N-methyl/N-ethyl adjacent to an activating group) is 1. The van der Waals surface area contributed by atoms with E-state index < -0.39 is 10.0 Å². The van der Waals surface area contributed by atoms with Gasteiger partial charge in [0.2, 0.25) is 15.9 Å². The van der Waals surface area contributed by atoms with Crippen LogP contribution in [0, 0.1) is 0 Å². The minimum absolute atomic E-state index is 0.0916. The van der Waals surface area contributed by atoms with Gasteiger partial charge >= 0.3 is 6.03 Å². The van der Waals surface area contributed by atoms with Gasteiger partial charge in [-0.2, -0.15) is 4.31 Å². The Morgan fingerprint density at radius 2 is 1.57 bits per heavy atom. The summed E-state index contributed by atoms with van der Waals surface area (Å²) < 4.78 is 26.1. The normalized spacial score (nSPS) is 15.1. The lowest BCUT2D eigenvalue weighted by atomic mass is 10.1. The molecule has 3 amide bonds. The molecule has 2 aromatic carbocycles. The van der Waals surface area contributed by atoms with Crippen molar-refractivity contribution in [2.45, 2.75) is 23.8 Å². The average molecular weight is 431 g/mol. The first-order chi connectivity index (χ1) is 14.4. The fourth-order valence-electron chi connectivity index (χ4n) is 3.28. The number of anilines is 1. The topological polar surface area (TPSA) is 98.8 Å². The number of amides is 3. The molecule has 1 saturated heterocycles. The number of para-hydroxylation sites is 1. The molecule has 0 aliphatic carbocycles. The van der Waals surface area contributed by atoms with Crippen molar-refractivity contribution in [1.82, 2.24) is 14.5 Å². The molecule has 8 nitrogen and oxygen atoms in total. The molecule has 160 valence electrons. The van der Waals surface area contributed by atoms with E-state index >= 15 is 0 Å². The van der Waals surface area contributed by atoms with Crippen molar-refractivity contribution >= 4 is 27.6 Å². The van der Waals surface area contributed by atoms with Crippen LogP contribution in [-0.2, 0) is 14.8 Å². The smallest absolute Gasteiger partial charge is 0.321 e. The molecule has 30 heavy (non-hydrogen) atoms. The fraction of sp³-hybridized carbons (Fsp3) is 0.333. The molecule has 0 atom stereocenters. The van der Waals surface area contributed by atoms with Crippen molar-refractivity contribution in [3.63, 3.8) is 0 Å². The third kappa shape index (κ3) is 5.58. The second-order valence-corrected chi connectivity index (χ2v) is 9.24. The number of nitrogens with zero attached hydrogens (tertiary/aromatic N) is 2. The summed E-state index contributed by atoms with van der Waals surface area (Å²) in [5, 5.41) is 5.73. The number of hydrogen-bond donors (Lipinski definition) is 2. The predicted molar refractivity (Wildman–Crippen MR) is 114 cm³/mol. The van der Waals surface area contributed by atoms with Crippen LogP contribution in [0.25, 0.3) is 0 Å². The van der Waals surface area contributed by atoms with Crippen molar-refractivity contribution in [3.8, 4) is 0 Å². The lowest BCUT2D eigenvalue weighted by molar-refractivity contribution is -0.122. The van der Waals surface area contributed by atoms with Gasteiger partial charge in [0.05, 0.1) is 11.4 Å². The molecule has 0 radical (unpaired) electrons. The Morgan fingerprint density at radius 3 is 2.17 bits per heavy atom. The van der Waals surface area contributed by atoms with E-state index in [1.165, 1.54) is 19.2 Å². The van der Waals surface area contributed by atoms with Gasteiger partial charge in [0.1, 0.15) is 0 Å². The first kappa shape index (κ1) is 21.8. The average Bonchev–Trinajstić information content (AvgIpc) is 2.75. The molecule has 2 aromatic rings. The monoisotopic (exact) mass is 430 g/mol. The molecule has 0 bridgehead atoms. The molecule has 0 unspecified atom stereocenters. The van der Waals surface area contributed by atoms with E-state index in [9.17, 15) is 18.0 Å². The highest BCUT2D eigenvalue weighted by Gasteiger charge is 2.26. The van der Waals surface area contributed by atoms with Gasteiger partial charge in [0.25, 0.3) is 0 Å². The maximum atomic E-state index is 12.5. The molecule has 0 spiro atoms. The predicted octanol–water partition coefficient (Wildman–Crippen LogP) is 2.12. The van der Waals surface area contributed by atoms with Crippen molar-refractivity contribution in [2.24, 2.45) is 0 Å². The van der Waals surface area contributed by atoms with Gasteiger partial charge < -0.3 is 15.5 Å². The highest BCUT2D eigenvalue weighted by molar-refractivity contribution is 7.89. The quantitative estimate of drug-likeness (QED) is 0.733. The van der Waals surface area contributed by atoms with Gasteiger partial charge in [-0.1, -0.05) is 36.4 Å². The number of urea groups is 1. The molecule has 3 rings (SSSR count). The third-order valence-electron chi connectivity index (χ3n) is 4.99. The summed E-state index contributed by atoms with van der Waals surface area (Å²) >= 11 is 0. The minimum atomic E-state index is -3.71. The van der Waals surface area contributed by atoms with Crippen LogP contribution in [0.2, 0.25) is 0 Å². The standard InChI is InChI=1S/C21H26N4O4S/c1-24(30(28,29)19-10-6-3-7-11-19)16-20(26)22-18-12-14-25(15-13-18)21(27)23-17-8-4-2-5-9-17/h2-11,18H,12-16H2,1H3,(H,22,26)(H,23,27). The maximum Gasteiger partial charge on any atom is 0.321 e. The zero-order valence-electron chi connectivity index (χ0n) is 16.8. The first-order valence-corrected chi connectivity index (χ1v) is 11.2. The Morgan fingerprint density at radius 1 is 1.00 bits per heavy atom. The number of likely N-dealkylation sites (tertiary alicyclic amines) is 1. The molecular formula is C21H26N4O4S. The summed E-state index contributed by atoms with van der Waals surface area (Å²) in [6.07, 6.45) is 1.23. The maximum absolute atomic E-state index is 12.5. The van der Waals surface area contributed by atoms with E-state index in [0.717, 1.165) is 9.99 Å². The molecule has 9 heteroatoms. The molecule has 1 fully saturated rings. The first-order valence-electron chi connectivity index (χ1n) is 9.78. The van der Waals surface area contributed by atoms with Gasteiger partial charge in [0.15, 0.2) is 0 Å². The molecule has 0 saturated carbocycles. The van der Waals surface area contributed by atoms with Crippen LogP contribution < -0.4 is 10.6 Å². The lowest BCUT2D eigenvalue weighted by Gasteiger charge is -2.32. The number of nitrogens with one attached hydrogen (secondary N) is 2. The summed E-state index contributed by atoms with van der Waals surface area (Å²) in [6.45, 7) is 0.773. The molecule has 1 heterocycles. The van der Waals surface area contributed by atoms with Gasteiger partial charge in [-0.05, 0) is 37.1 Å². The molecule has 2 N–H and O–H groups in total. The Bertz CT molecular complexity index is 959. The van der Waals surface area contributed by atoms with E-state index in [2.05, 4.69) is 10.6 Å². The van der Waals surface area contributed by atoms with E-state index in [4.69, 9.17) is 0 Å². The highest BCUT2D eigenvalue weighted by Crippen LogP contribution is 2.15. The van der Waals surface area contributed by atoms with Crippen LogP contribution in [0.1, 0.15) is 12.8 Å². The number of benzene rings is 2. The number of rotatable bonds is 6. The Labute approximate surface area is 176 Å². The minimum Gasteiger partial charge on any atom is -0.352 e. The van der Waals surface area contributed by atoms with Crippen LogP contribution in [0.15, 0.2) is 65.6 Å². The zero-order chi connectivity index (χ0) is 21.6. The summed E-state index contributed by atoms with van der Waals surface area (Å²) in [5.74, 6) is -0.357. The second-order valence-electron chi connectivity index (χ2n) is 7.20. The summed E-state index contributed by atoms with van der Waals surface area (Å²) in [7, 11) is -2.33. The Balaban J connectivity index is 1.45. The number of sulfonamides is 1. The van der Waals surface area contributed by atoms with Gasteiger partial charge in [-0.3, -0.25) is 4.79 Å². The van der Waals surface area contributed by atoms with Crippen molar-refractivity contribution in [1.29, 1.82) is 0 Å². The summed E-state index contributed by atoms with van der Waals surface area (Å²) in [4.78, 5) is 26.5. The highest BCUT2D eigenvalue weighted by atomic mass is 32.2. The van der Waals surface area contributed by atoms with Crippen LogP contribution in [0.5, 0.6) is 0 Å². The third-order valence-corrected chi connectivity index (χ3v) is 6.81. The number of carbonyl (C=O) groups excluding carboxylic acids is 2. The molecule has 1 aliphatic heterocycles. The summed E-state index contributed by atoms with van der Waals surface area (Å²) in [6, 6.07) is 17.0. The van der Waals surface area contributed by atoms with E-state index in [1.807, 2.05) is 30.3 Å². The van der Waals surface area contributed by atoms with Crippen LogP contribution in [0.3, 0.4) is 0 Å². The Hall–Kier alpha value is -2.91. The van der Waals surface area contributed by atoms with Crippen molar-refractivity contribution < 1.29 is 18.0 Å². The van der Waals surface area contributed by atoms with Gasteiger partial charge in [0, 0.05) is 31.9 Å². The van der Waals surface area contributed by atoms with Gasteiger partial charge in [-0.25, -0.2) is 13.2 Å². The number of hydrogen-bond acceptors (Lipinski definition) is 4. The number of carbonyl (C=O) groups is 2. The zero-order valence-corrected chi connectivity index (χ0v) is 17.6. The SMILES string of the molecule is CN(CC(=O)NC1CCN(C(=O)Nc2ccccc2)CC1)S(=O)(=O)c1ccccc1. The molecular weight excluding hydrogens is 404 g/mol. The molecule has 1 aliphatic rings. The lowest BCUT2D eigenvalue weighted by Crippen LogP contribution is -2.49.